The van der Waals surface area contributed by atoms with Gasteiger partial charge in [-0.2, -0.15) is 0 Å². The molecule has 1 aliphatic heterocycles. The maximum Gasteiger partial charge on any atom is 0.326 e. The monoisotopic (exact) mass is 270 g/mol. The van der Waals surface area contributed by atoms with Crippen molar-refractivity contribution in [3.63, 3.8) is 0 Å². The van der Waals surface area contributed by atoms with Crippen LogP contribution in [0.3, 0.4) is 0 Å². The van der Waals surface area contributed by atoms with Crippen molar-refractivity contribution in [1.82, 2.24) is 10.2 Å². The number of carbonyl (C=O) groups excluding carboxylic acids is 1. The van der Waals surface area contributed by atoms with Gasteiger partial charge in [0.1, 0.15) is 6.04 Å². The first-order chi connectivity index (χ1) is 8.79. The summed E-state index contributed by atoms with van der Waals surface area (Å²) in [5.41, 5.74) is 0. The van der Waals surface area contributed by atoms with E-state index in [1.807, 2.05) is 13.8 Å². The fourth-order valence-corrected chi connectivity index (χ4v) is 2.76. The molecule has 5 nitrogen and oxygen atoms in total. The van der Waals surface area contributed by atoms with Crippen LogP contribution >= 0.6 is 0 Å². The summed E-state index contributed by atoms with van der Waals surface area (Å²) in [5.74, 6) is 0.228. The van der Waals surface area contributed by atoms with Crippen LogP contribution in [0.4, 0.5) is 4.79 Å². The molecule has 19 heavy (non-hydrogen) atoms. The van der Waals surface area contributed by atoms with E-state index in [0.717, 1.165) is 6.42 Å². The Hall–Kier alpha value is -1.26. The molecule has 0 radical (unpaired) electrons. The Kier molecular flexibility index (Phi) is 5.63. The zero-order valence-electron chi connectivity index (χ0n) is 12.3. The molecule has 1 aliphatic rings. The molecule has 1 saturated heterocycles. The number of carboxylic acid groups (broad SMARTS) is 1. The minimum Gasteiger partial charge on any atom is -0.480 e. The Bertz CT molecular complexity index is 321. The maximum absolute atomic E-state index is 12.1. The number of carboxylic acids is 1. The van der Waals surface area contributed by atoms with Crippen LogP contribution in [-0.4, -0.2) is 41.1 Å². The molecule has 0 saturated carbocycles. The number of aliphatic carboxylic acids is 1. The van der Waals surface area contributed by atoms with Gasteiger partial charge in [-0.05, 0) is 30.6 Å². The fraction of sp³-hybridized carbons (Fsp3) is 0.857. The summed E-state index contributed by atoms with van der Waals surface area (Å²) in [6.45, 7) is 9.58. The van der Waals surface area contributed by atoms with E-state index < -0.39 is 12.0 Å². The van der Waals surface area contributed by atoms with Crippen LogP contribution in [0.15, 0.2) is 0 Å². The first-order valence-electron chi connectivity index (χ1n) is 7.07. The number of hydrogen-bond acceptors (Lipinski definition) is 2. The number of carbonyl (C=O) groups is 2. The molecule has 0 spiro atoms. The van der Waals surface area contributed by atoms with E-state index in [-0.39, 0.29) is 11.9 Å². The van der Waals surface area contributed by atoms with E-state index in [9.17, 15) is 9.59 Å². The van der Waals surface area contributed by atoms with Crippen molar-refractivity contribution >= 4 is 12.0 Å². The first-order valence-corrected chi connectivity index (χ1v) is 7.07. The summed E-state index contributed by atoms with van der Waals surface area (Å²) in [6.07, 6.45) is 1.58. The highest BCUT2D eigenvalue weighted by atomic mass is 16.4. The van der Waals surface area contributed by atoms with E-state index >= 15 is 0 Å². The van der Waals surface area contributed by atoms with Gasteiger partial charge in [0, 0.05) is 13.1 Å². The van der Waals surface area contributed by atoms with Gasteiger partial charge in [0.05, 0.1) is 0 Å². The van der Waals surface area contributed by atoms with E-state index in [2.05, 4.69) is 19.2 Å². The highest BCUT2D eigenvalue weighted by Gasteiger charge is 2.28. The average Bonchev–Trinajstić information content (AvgIpc) is 2.25. The highest BCUT2D eigenvalue weighted by molar-refractivity contribution is 5.82. The van der Waals surface area contributed by atoms with Crippen LogP contribution in [0.2, 0.25) is 0 Å². The van der Waals surface area contributed by atoms with Gasteiger partial charge >= 0.3 is 12.0 Å². The SMILES string of the molecule is CC(C)C[C@H](NC(=O)N1CC(C)CC(C)C1)C(=O)O. The van der Waals surface area contributed by atoms with Crippen molar-refractivity contribution in [3.8, 4) is 0 Å². The van der Waals surface area contributed by atoms with Gasteiger partial charge in [-0.1, -0.05) is 27.7 Å². The van der Waals surface area contributed by atoms with Gasteiger partial charge in [-0.25, -0.2) is 9.59 Å². The lowest BCUT2D eigenvalue weighted by Gasteiger charge is -2.35. The van der Waals surface area contributed by atoms with E-state index in [1.54, 1.807) is 4.90 Å². The quantitative estimate of drug-likeness (QED) is 0.822. The molecule has 1 rings (SSSR count). The molecule has 0 bridgehead atoms. The number of likely N-dealkylation sites (tertiary alicyclic amines) is 1. The maximum atomic E-state index is 12.1. The number of piperidine rings is 1. The van der Waals surface area contributed by atoms with Crippen molar-refractivity contribution in [3.05, 3.63) is 0 Å². The van der Waals surface area contributed by atoms with Gasteiger partial charge in [-0.15, -0.1) is 0 Å². The summed E-state index contributed by atoms with van der Waals surface area (Å²) in [7, 11) is 0. The Labute approximate surface area is 115 Å². The Morgan fingerprint density at radius 3 is 2.21 bits per heavy atom. The molecule has 110 valence electrons. The molecular weight excluding hydrogens is 244 g/mol. The van der Waals surface area contributed by atoms with Crippen molar-refractivity contribution in [1.29, 1.82) is 0 Å². The third-order valence-electron chi connectivity index (χ3n) is 3.46. The number of urea groups is 1. The minimum atomic E-state index is -0.958. The molecule has 3 atom stereocenters. The first kappa shape index (κ1) is 15.8. The van der Waals surface area contributed by atoms with Gasteiger partial charge in [0.2, 0.25) is 0 Å². The van der Waals surface area contributed by atoms with Crippen LogP contribution in [0, 0.1) is 17.8 Å². The zero-order valence-corrected chi connectivity index (χ0v) is 12.3. The molecule has 2 unspecified atom stereocenters. The number of amides is 2. The van der Waals surface area contributed by atoms with Crippen molar-refractivity contribution in [2.45, 2.75) is 46.6 Å². The molecule has 1 fully saturated rings. The highest BCUT2D eigenvalue weighted by Crippen LogP contribution is 2.21. The van der Waals surface area contributed by atoms with Gasteiger partial charge in [0.25, 0.3) is 0 Å². The van der Waals surface area contributed by atoms with Crippen LogP contribution in [0.25, 0.3) is 0 Å². The topological polar surface area (TPSA) is 69.6 Å². The molecule has 0 aliphatic carbocycles. The smallest absolute Gasteiger partial charge is 0.326 e. The number of rotatable bonds is 4. The summed E-state index contributed by atoms with van der Waals surface area (Å²) in [5, 5.41) is 11.8. The lowest BCUT2D eigenvalue weighted by molar-refractivity contribution is -0.139. The van der Waals surface area contributed by atoms with Crippen molar-refractivity contribution < 1.29 is 14.7 Å². The molecular formula is C14H26N2O3. The fourth-order valence-electron chi connectivity index (χ4n) is 2.76. The molecule has 0 aromatic heterocycles. The average molecular weight is 270 g/mol. The third kappa shape index (κ3) is 5.09. The number of hydrogen-bond donors (Lipinski definition) is 2. The molecule has 5 heteroatoms. The largest absolute Gasteiger partial charge is 0.480 e. The minimum absolute atomic E-state index is 0.237. The standard InChI is InChI=1S/C14H26N2O3/c1-9(2)5-12(13(17)18)15-14(19)16-7-10(3)6-11(4)8-16/h9-12H,5-8H2,1-4H3,(H,15,19)(H,17,18)/t10?,11?,12-/m0/s1. The molecule has 0 aromatic carbocycles. The molecule has 2 N–H and O–H groups in total. The van der Waals surface area contributed by atoms with Crippen LogP contribution in [-0.2, 0) is 4.79 Å². The third-order valence-corrected chi connectivity index (χ3v) is 3.46. The normalized spacial score (nSPS) is 25.2. The summed E-state index contributed by atoms with van der Waals surface area (Å²) in [6, 6.07) is -1.04. The second kappa shape index (κ2) is 6.78. The van der Waals surface area contributed by atoms with Crippen LogP contribution in [0.5, 0.6) is 0 Å². The Balaban J connectivity index is 2.58. The van der Waals surface area contributed by atoms with Crippen molar-refractivity contribution in [2.24, 2.45) is 17.8 Å². The number of nitrogens with zero attached hydrogens (tertiary/aromatic N) is 1. The lowest BCUT2D eigenvalue weighted by Crippen LogP contribution is -2.52. The molecule has 2 amide bonds. The molecule has 0 aromatic rings. The predicted octanol–water partition coefficient (Wildman–Crippen LogP) is 2.17. The number of nitrogens with one attached hydrogen (secondary N) is 1. The Morgan fingerprint density at radius 2 is 1.79 bits per heavy atom. The predicted molar refractivity (Wildman–Crippen MR) is 73.9 cm³/mol. The second-order valence-electron chi connectivity index (χ2n) is 6.32. The Morgan fingerprint density at radius 1 is 1.26 bits per heavy atom. The van der Waals surface area contributed by atoms with Crippen molar-refractivity contribution in [2.75, 3.05) is 13.1 Å². The summed E-state index contributed by atoms with van der Waals surface area (Å²) < 4.78 is 0. The van der Waals surface area contributed by atoms with E-state index in [4.69, 9.17) is 5.11 Å². The molecule has 1 heterocycles. The summed E-state index contributed by atoms with van der Waals surface area (Å²) in [4.78, 5) is 25.0. The summed E-state index contributed by atoms with van der Waals surface area (Å²) >= 11 is 0. The van der Waals surface area contributed by atoms with Gasteiger partial charge in [-0.3, -0.25) is 0 Å². The van der Waals surface area contributed by atoms with Gasteiger partial charge in [0.15, 0.2) is 0 Å². The lowest BCUT2D eigenvalue weighted by atomic mass is 9.92. The van der Waals surface area contributed by atoms with E-state index in [0.29, 0.717) is 31.3 Å². The van der Waals surface area contributed by atoms with Crippen LogP contribution < -0.4 is 5.32 Å². The second-order valence-corrected chi connectivity index (χ2v) is 6.32. The van der Waals surface area contributed by atoms with Gasteiger partial charge < -0.3 is 15.3 Å². The van der Waals surface area contributed by atoms with E-state index in [1.165, 1.54) is 0 Å². The van der Waals surface area contributed by atoms with Crippen LogP contribution in [0.1, 0.15) is 40.5 Å². The zero-order chi connectivity index (χ0) is 14.6.